The van der Waals surface area contributed by atoms with Crippen LogP contribution in [0.1, 0.15) is 94.4 Å². The van der Waals surface area contributed by atoms with Crippen LogP contribution < -0.4 is 16.4 Å². The second-order valence-corrected chi connectivity index (χ2v) is 15.7. The standard InChI is InChI=1S/C33H53N5O6/c1-11-12-21(26(41)28(34)42)36-29(43)25-24-20(33(24,9)10)17-38(25)30(44)27(32(6,7)8)35-18(2)15-19(31(3,4)5)16-37-22(39)13-14-23(37)40/h19-21,24-25,27,35H,2,11-17H2,1,3-10H3,(H2,34,42)(H,36,43)/t19-,20+,21?,24+,25+,27-/m1/s1. The van der Waals surface area contributed by atoms with Gasteiger partial charge in [0.1, 0.15) is 12.1 Å². The van der Waals surface area contributed by atoms with Gasteiger partial charge in [0.25, 0.3) is 5.91 Å². The van der Waals surface area contributed by atoms with Crippen LogP contribution in [-0.2, 0) is 28.8 Å². The molecule has 2 heterocycles. The number of ketones is 1. The van der Waals surface area contributed by atoms with Gasteiger partial charge in [0.2, 0.25) is 29.4 Å². The molecule has 3 rings (SSSR count). The first-order valence-electron chi connectivity index (χ1n) is 15.8. The highest BCUT2D eigenvalue weighted by atomic mass is 16.2. The number of carbonyl (C=O) groups excluding carboxylic acids is 6. The topological polar surface area (TPSA) is 159 Å². The molecule has 2 aliphatic heterocycles. The van der Waals surface area contributed by atoms with Crippen molar-refractivity contribution in [2.24, 2.45) is 39.7 Å². The molecule has 0 aromatic heterocycles. The molecule has 3 fully saturated rings. The Kier molecular flexibility index (Phi) is 10.1. The molecule has 0 aromatic rings. The van der Waals surface area contributed by atoms with Crippen LogP contribution in [0.4, 0.5) is 0 Å². The maximum atomic E-state index is 14.3. The van der Waals surface area contributed by atoms with Crippen LogP contribution >= 0.6 is 0 Å². The van der Waals surface area contributed by atoms with E-state index < -0.39 is 41.1 Å². The lowest BCUT2D eigenvalue weighted by molar-refractivity contribution is -0.145. The van der Waals surface area contributed by atoms with E-state index in [0.717, 1.165) is 0 Å². The van der Waals surface area contributed by atoms with Crippen molar-refractivity contribution in [3.63, 3.8) is 0 Å². The Balaban J connectivity index is 1.82. The van der Waals surface area contributed by atoms with Crippen molar-refractivity contribution in [3.05, 3.63) is 12.3 Å². The van der Waals surface area contributed by atoms with Crippen LogP contribution in [-0.4, -0.2) is 76.3 Å². The maximum absolute atomic E-state index is 14.3. The fourth-order valence-electron chi connectivity index (χ4n) is 6.87. The monoisotopic (exact) mass is 615 g/mol. The number of hydrogen-bond acceptors (Lipinski definition) is 7. The number of Topliss-reactive ketones (excluding diaryl/α,β-unsaturated/α-hetero) is 1. The van der Waals surface area contributed by atoms with Gasteiger partial charge in [-0.2, -0.15) is 0 Å². The minimum atomic E-state index is -1.10. The van der Waals surface area contributed by atoms with E-state index in [1.807, 2.05) is 27.7 Å². The Bertz CT molecular complexity index is 1200. The second-order valence-electron chi connectivity index (χ2n) is 15.7. The summed E-state index contributed by atoms with van der Waals surface area (Å²) in [7, 11) is 0. The van der Waals surface area contributed by atoms with Crippen LogP contribution in [0.15, 0.2) is 12.3 Å². The smallest absolute Gasteiger partial charge is 0.287 e. The number of allylic oxidation sites excluding steroid dienone is 1. The molecule has 5 amide bonds. The number of nitrogens with zero attached hydrogens (tertiary/aromatic N) is 2. The fraction of sp³-hybridized carbons (Fsp3) is 0.758. The third-order valence-corrected chi connectivity index (χ3v) is 9.95. The molecular formula is C33H53N5O6. The van der Waals surface area contributed by atoms with Crippen molar-refractivity contribution in [1.29, 1.82) is 0 Å². The highest BCUT2D eigenvalue weighted by Crippen LogP contribution is 2.65. The third kappa shape index (κ3) is 7.34. The molecule has 1 saturated carbocycles. The second kappa shape index (κ2) is 12.6. The summed E-state index contributed by atoms with van der Waals surface area (Å²) in [6, 6.07) is -2.56. The number of primary amides is 1. The van der Waals surface area contributed by atoms with Gasteiger partial charge in [0.15, 0.2) is 0 Å². The molecule has 3 aliphatic rings. The SMILES string of the molecule is C=C(C[C@H](CN1C(=O)CCC1=O)C(C)(C)C)N[C@H](C(=O)N1C[C@H]2[C@@H]([C@H]1C(=O)NC(CCC)C(=O)C(N)=O)C2(C)C)C(C)(C)C. The number of amides is 5. The summed E-state index contributed by atoms with van der Waals surface area (Å²) in [6.07, 6.45) is 1.73. The molecular weight excluding hydrogens is 562 g/mol. The van der Waals surface area contributed by atoms with E-state index in [2.05, 4.69) is 51.8 Å². The Morgan fingerprint density at radius 2 is 1.57 bits per heavy atom. The van der Waals surface area contributed by atoms with Gasteiger partial charge in [0.05, 0.1) is 6.04 Å². The van der Waals surface area contributed by atoms with E-state index in [0.29, 0.717) is 25.1 Å². The van der Waals surface area contributed by atoms with Crippen LogP contribution in [0, 0.1) is 34.0 Å². The lowest BCUT2D eigenvalue weighted by atomic mass is 9.77. The van der Waals surface area contributed by atoms with Crippen LogP contribution in [0.2, 0.25) is 0 Å². The molecule has 2 saturated heterocycles. The summed E-state index contributed by atoms with van der Waals surface area (Å²) in [6.45, 7) is 22.9. The van der Waals surface area contributed by atoms with Gasteiger partial charge in [-0.05, 0) is 46.8 Å². The van der Waals surface area contributed by atoms with Crippen LogP contribution in [0.25, 0.3) is 0 Å². The van der Waals surface area contributed by atoms with E-state index >= 15 is 0 Å². The Hall–Kier alpha value is -3.24. The largest absolute Gasteiger partial charge is 0.377 e. The van der Waals surface area contributed by atoms with Gasteiger partial charge in [-0.3, -0.25) is 33.7 Å². The van der Waals surface area contributed by atoms with Crippen LogP contribution in [0.3, 0.4) is 0 Å². The predicted octanol–water partition coefficient (Wildman–Crippen LogP) is 2.53. The quantitative estimate of drug-likeness (QED) is 0.212. The first kappa shape index (κ1) is 35.2. The van der Waals surface area contributed by atoms with Gasteiger partial charge < -0.3 is 21.3 Å². The first-order valence-corrected chi connectivity index (χ1v) is 15.8. The highest BCUT2D eigenvalue weighted by Gasteiger charge is 2.69. The van der Waals surface area contributed by atoms with E-state index in [1.165, 1.54) is 4.90 Å². The summed E-state index contributed by atoms with van der Waals surface area (Å²) in [5.74, 6) is -3.02. The average Bonchev–Trinajstić information content (AvgIpc) is 3.19. The summed E-state index contributed by atoms with van der Waals surface area (Å²) in [5, 5.41) is 6.11. The summed E-state index contributed by atoms with van der Waals surface area (Å²) >= 11 is 0. The summed E-state index contributed by atoms with van der Waals surface area (Å²) in [5.41, 5.74) is 4.90. The number of likely N-dealkylation sites (tertiary alicyclic amines) is 2. The van der Waals surface area contributed by atoms with Crippen molar-refractivity contribution in [2.45, 2.75) is 113 Å². The number of imide groups is 1. The molecule has 11 heteroatoms. The number of nitrogens with one attached hydrogen (secondary N) is 2. The van der Waals surface area contributed by atoms with Gasteiger partial charge >= 0.3 is 0 Å². The number of carbonyl (C=O) groups is 6. The minimum absolute atomic E-state index is 0.0815. The molecule has 11 nitrogen and oxygen atoms in total. The molecule has 44 heavy (non-hydrogen) atoms. The number of fused-ring (bicyclic) bond motifs is 1. The van der Waals surface area contributed by atoms with Gasteiger partial charge in [-0.25, -0.2) is 0 Å². The summed E-state index contributed by atoms with van der Waals surface area (Å²) < 4.78 is 0. The predicted molar refractivity (Wildman–Crippen MR) is 166 cm³/mol. The number of nitrogens with two attached hydrogens (primary N) is 1. The van der Waals surface area contributed by atoms with Gasteiger partial charge in [0, 0.05) is 31.6 Å². The van der Waals surface area contributed by atoms with E-state index in [-0.39, 0.29) is 72.1 Å². The number of rotatable bonds is 13. The molecule has 1 aliphatic carbocycles. The van der Waals surface area contributed by atoms with E-state index in [9.17, 15) is 28.8 Å². The van der Waals surface area contributed by atoms with E-state index in [4.69, 9.17) is 5.73 Å². The molecule has 1 unspecified atom stereocenters. The van der Waals surface area contributed by atoms with Gasteiger partial charge in [-0.1, -0.05) is 75.3 Å². The number of piperidine rings is 1. The van der Waals surface area contributed by atoms with Crippen molar-refractivity contribution in [2.75, 3.05) is 13.1 Å². The van der Waals surface area contributed by atoms with Crippen molar-refractivity contribution >= 4 is 35.3 Å². The third-order valence-electron chi connectivity index (χ3n) is 9.95. The lowest BCUT2D eigenvalue weighted by Gasteiger charge is -2.40. The lowest BCUT2D eigenvalue weighted by Crippen LogP contribution is -2.59. The zero-order chi connectivity index (χ0) is 33.5. The van der Waals surface area contributed by atoms with Crippen LogP contribution in [0.5, 0.6) is 0 Å². The van der Waals surface area contributed by atoms with Crippen molar-refractivity contribution in [1.82, 2.24) is 20.4 Å². The molecule has 246 valence electrons. The Labute approximate surface area is 262 Å². The highest BCUT2D eigenvalue weighted by molar-refractivity contribution is 6.37. The average molecular weight is 616 g/mol. The zero-order valence-corrected chi connectivity index (χ0v) is 28.0. The molecule has 4 N–H and O–H groups in total. The van der Waals surface area contributed by atoms with Crippen molar-refractivity contribution < 1.29 is 28.8 Å². The molecule has 0 spiro atoms. The molecule has 0 aromatic carbocycles. The maximum Gasteiger partial charge on any atom is 0.287 e. The molecule has 6 atom stereocenters. The zero-order valence-electron chi connectivity index (χ0n) is 28.0. The van der Waals surface area contributed by atoms with Gasteiger partial charge in [-0.15, -0.1) is 0 Å². The molecule has 0 radical (unpaired) electrons. The number of hydrogen-bond donors (Lipinski definition) is 3. The Morgan fingerprint density at radius 3 is 2.05 bits per heavy atom. The van der Waals surface area contributed by atoms with Crippen molar-refractivity contribution in [3.8, 4) is 0 Å². The molecule has 0 bridgehead atoms. The fourth-order valence-corrected chi connectivity index (χ4v) is 6.87. The minimum Gasteiger partial charge on any atom is -0.377 e. The first-order chi connectivity index (χ1) is 20.1. The normalized spacial score (nSPS) is 24.8. The van der Waals surface area contributed by atoms with E-state index in [1.54, 1.807) is 4.90 Å². The summed E-state index contributed by atoms with van der Waals surface area (Å²) in [4.78, 5) is 79.8. The Morgan fingerprint density at radius 1 is 1.00 bits per heavy atom.